The summed E-state index contributed by atoms with van der Waals surface area (Å²) >= 11 is 0. The molecule has 0 spiro atoms. The summed E-state index contributed by atoms with van der Waals surface area (Å²) in [5.74, 6) is -0.620. The molecule has 0 aromatic heterocycles. The van der Waals surface area contributed by atoms with Crippen molar-refractivity contribution in [2.24, 2.45) is 0 Å². The van der Waals surface area contributed by atoms with E-state index in [0.29, 0.717) is 12.1 Å². The van der Waals surface area contributed by atoms with Crippen molar-refractivity contribution in [1.29, 1.82) is 0 Å². The maximum Gasteiger partial charge on any atom is 0.304 e. The smallest absolute Gasteiger partial charge is 0.304 e. The van der Waals surface area contributed by atoms with Crippen molar-refractivity contribution in [1.82, 2.24) is 14.5 Å². The summed E-state index contributed by atoms with van der Waals surface area (Å²) in [5.41, 5.74) is 2.36. The Kier molecular flexibility index (Phi) is 9.50. The normalized spacial score (nSPS) is 15.0. The SMILES string of the molecule is CC[C@H](C(=O)NC1CCCC1)N(Cc1ccc(C)cc1)C(=O)CN(c1ccccc1)S(=O)(=O)N(C)C. The quantitative estimate of drug-likeness (QED) is 0.497. The topological polar surface area (TPSA) is 90.0 Å². The molecule has 36 heavy (non-hydrogen) atoms. The zero-order valence-electron chi connectivity index (χ0n) is 21.7. The van der Waals surface area contributed by atoms with Crippen LogP contribution >= 0.6 is 0 Å². The van der Waals surface area contributed by atoms with Crippen molar-refractivity contribution in [2.45, 2.75) is 64.6 Å². The number of anilines is 1. The van der Waals surface area contributed by atoms with Gasteiger partial charge in [0.1, 0.15) is 12.6 Å². The molecule has 8 nitrogen and oxygen atoms in total. The summed E-state index contributed by atoms with van der Waals surface area (Å²) in [6.07, 6.45) is 4.47. The molecule has 196 valence electrons. The Balaban J connectivity index is 1.94. The lowest BCUT2D eigenvalue weighted by Crippen LogP contribution is -2.54. The van der Waals surface area contributed by atoms with Gasteiger partial charge < -0.3 is 10.2 Å². The Bertz CT molecular complexity index is 1110. The lowest BCUT2D eigenvalue weighted by molar-refractivity contribution is -0.140. The molecule has 2 aromatic rings. The van der Waals surface area contributed by atoms with Gasteiger partial charge in [-0.25, -0.2) is 4.31 Å². The van der Waals surface area contributed by atoms with Crippen LogP contribution in [0.15, 0.2) is 54.6 Å². The molecule has 1 aliphatic rings. The lowest BCUT2D eigenvalue weighted by atomic mass is 10.1. The zero-order valence-corrected chi connectivity index (χ0v) is 22.5. The molecule has 0 aliphatic heterocycles. The number of aryl methyl sites for hydroxylation is 1. The van der Waals surface area contributed by atoms with Gasteiger partial charge in [0.15, 0.2) is 0 Å². The molecular weight excluding hydrogens is 476 g/mol. The highest BCUT2D eigenvalue weighted by atomic mass is 32.2. The number of nitrogens with zero attached hydrogens (tertiary/aromatic N) is 3. The van der Waals surface area contributed by atoms with Gasteiger partial charge in [0.25, 0.3) is 0 Å². The molecule has 0 unspecified atom stereocenters. The van der Waals surface area contributed by atoms with E-state index in [2.05, 4.69) is 5.32 Å². The van der Waals surface area contributed by atoms with Crippen LogP contribution in [0.3, 0.4) is 0 Å². The van der Waals surface area contributed by atoms with Crippen molar-refractivity contribution < 1.29 is 18.0 Å². The number of carbonyl (C=O) groups excluding carboxylic acids is 2. The zero-order chi connectivity index (χ0) is 26.3. The maximum absolute atomic E-state index is 13.8. The van der Waals surface area contributed by atoms with E-state index < -0.39 is 28.7 Å². The molecule has 0 bridgehead atoms. The van der Waals surface area contributed by atoms with E-state index in [-0.39, 0.29) is 18.5 Å². The third kappa shape index (κ3) is 6.85. The van der Waals surface area contributed by atoms with Crippen molar-refractivity contribution >= 4 is 27.7 Å². The van der Waals surface area contributed by atoms with Gasteiger partial charge in [0.05, 0.1) is 5.69 Å². The minimum atomic E-state index is -3.95. The van der Waals surface area contributed by atoms with Crippen LogP contribution in [0.1, 0.15) is 50.2 Å². The first-order valence-electron chi connectivity index (χ1n) is 12.5. The van der Waals surface area contributed by atoms with Crippen molar-refractivity contribution in [3.8, 4) is 0 Å². The van der Waals surface area contributed by atoms with E-state index in [1.54, 1.807) is 30.3 Å². The standard InChI is InChI=1S/C27H38N4O4S/c1-5-25(27(33)28-23-11-9-10-12-23)30(19-22-17-15-21(2)16-18-22)26(32)20-31(36(34,35)29(3)4)24-13-7-6-8-14-24/h6-8,13-18,23,25H,5,9-12,19-20H2,1-4H3,(H,28,33)/t25-/m1/s1. The van der Waals surface area contributed by atoms with E-state index in [9.17, 15) is 18.0 Å². The molecule has 1 atom stereocenters. The Hall–Kier alpha value is -2.91. The Morgan fingerprint density at radius 2 is 1.61 bits per heavy atom. The highest BCUT2D eigenvalue weighted by Gasteiger charge is 2.34. The highest BCUT2D eigenvalue weighted by molar-refractivity contribution is 7.90. The van der Waals surface area contributed by atoms with Crippen LogP contribution in [0.25, 0.3) is 0 Å². The van der Waals surface area contributed by atoms with Crippen LogP contribution in [0, 0.1) is 6.92 Å². The number of nitrogens with one attached hydrogen (secondary N) is 1. The Labute approximate surface area is 215 Å². The summed E-state index contributed by atoms with van der Waals surface area (Å²) in [6, 6.07) is 15.8. The van der Waals surface area contributed by atoms with Crippen molar-refractivity contribution in [3.63, 3.8) is 0 Å². The van der Waals surface area contributed by atoms with Gasteiger partial charge in [0, 0.05) is 26.7 Å². The monoisotopic (exact) mass is 514 g/mol. The second-order valence-electron chi connectivity index (χ2n) is 9.55. The average molecular weight is 515 g/mol. The second kappa shape index (κ2) is 12.4. The number of hydrogen-bond donors (Lipinski definition) is 1. The van der Waals surface area contributed by atoms with Crippen LogP contribution in [0.2, 0.25) is 0 Å². The predicted octanol–water partition coefficient (Wildman–Crippen LogP) is 3.47. The van der Waals surface area contributed by atoms with Crippen LogP contribution in [-0.4, -0.2) is 62.2 Å². The van der Waals surface area contributed by atoms with Crippen molar-refractivity contribution in [2.75, 3.05) is 24.9 Å². The molecule has 0 heterocycles. The molecule has 1 aliphatic carbocycles. The Morgan fingerprint density at radius 1 is 1.00 bits per heavy atom. The first kappa shape index (κ1) is 27.7. The molecule has 0 radical (unpaired) electrons. The van der Waals surface area contributed by atoms with Gasteiger partial charge in [-0.2, -0.15) is 12.7 Å². The summed E-state index contributed by atoms with van der Waals surface area (Å²) in [7, 11) is -1.08. The fraction of sp³-hybridized carbons (Fsp3) is 0.481. The minimum absolute atomic E-state index is 0.123. The molecule has 1 saturated carbocycles. The minimum Gasteiger partial charge on any atom is -0.352 e. The molecule has 2 aromatic carbocycles. The van der Waals surface area contributed by atoms with Gasteiger partial charge in [-0.3, -0.25) is 9.59 Å². The average Bonchev–Trinajstić information content (AvgIpc) is 3.36. The summed E-state index contributed by atoms with van der Waals surface area (Å²) in [4.78, 5) is 28.7. The number of hydrogen-bond acceptors (Lipinski definition) is 4. The van der Waals surface area contributed by atoms with E-state index in [1.165, 1.54) is 19.0 Å². The molecule has 1 N–H and O–H groups in total. The maximum atomic E-state index is 13.8. The third-order valence-corrected chi connectivity index (χ3v) is 8.44. The fourth-order valence-electron chi connectivity index (χ4n) is 4.49. The van der Waals surface area contributed by atoms with Crippen LogP contribution < -0.4 is 9.62 Å². The van der Waals surface area contributed by atoms with Gasteiger partial charge in [0.2, 0.25) is 11.8 Å². The van der Waals surface area contributed by atoms with Gasteiger partial charge in [-0.1, -0.05) is 67.8 Å². The lowest BCUT2D eigenvalue weighted by Gasteiger charge is -2.34. The van der Waals surface area contributed by atoms with Gasteiger partial charge in [-0.15, -0.1) is 0 Å². The van der Waals surface area contributed by atoms with Gasteiger partial charge in [-0.05, 0) is 43.9 Å². The van der Waals surface area contributed by atoms with Crippen LogP contribution in [-0.2, 0) is 26.3 Å². The molecule has 2 amide bonds. The Morgan fingerprint density at radius 3 is 2.17 bits per heavy atom. The van der Waals surface area contributed by atoms with Gasteiger partial charge >= 0.3 is 10.2 Å². The second-order valence-corrected chi connectivity index (χ2v) is 11.6. The molecule has 9 heteroatoms. The number of para-hydroxylation sites is 1. The first-order valence-corrected chi connectivity index (χ1v) is 13.9. The summed E-state index contributed by atoms with van der Waals surface area (Å²) in [6.45, 7) is 3.66. The fourth-order valence-corrected chi connectivity index (χ4v) is 5.54. The molecule has 3 rings (SSSR count). The largest absolute Gasteiger partial charge is 0.352 e. The van der Waals surface area contributed by atoms with E-state index in [0.717, 1.165) is 45.4 Å². The third-order valence-electron chi connectivity index (χ3n) is 6.62. The summed E-state index contributed by atoms with van der Waals surface area (Å²) in [5, 5.41) is 3.12. The van der Waals surface area contributed by atoms with Crippen LogP contribution in [0.5, 0.6) is 0 Å². The highest BCUT2D eigenvalue weighted by Crippen LogP contribution is 2.22. The molecular formula is C27H38N4O4S. The molecule has 1 fully saturated rings. The number of benzene rings is 2. The predicted molar refractivity (Wildman–Crippen MR) is 143 cm³/mol. The van der Waals surface area contributed by atoms with Crippen LogP contribution in [0.4, 0.5) is 5.69 Å². The summed E-state index contributed by atoms with van der Waals surface area (Å²) < 4.78 is 28.6. The van der Waals surface area contributed by atoms with E-state index in [4.69, 9.17) is 0 Å². The van der Waals surface area contributed by atoms with E-state index in [1.807, 2.05) is 38.1 Å². The van der Waals surface area contributed by atoms with Crippen molar-refractivity contribution in [3.05, 3.63) is 65.7 Å². The number of carbonyl (C=O) groups is 2. The first-order chi connectivity index (χ1) is 17.1. The van der Waals surface area contributed by atoms with E-state index >= 15 is 0 Å². The number of amides is 2. The molecule has 0 saturated heterocycles. The number of rotatable bonds is 11.